The van der Waals surface area contributed by atoms with Gasteiger partial charge in [-0.25, -0.2) is 0 Å². The minimum atomic E-state index is -0.125. The second-order valence-electron chi connectivity index (χ2n) is 0.994. The van der Waals surface area contributed by atoms with E-state index in [4.69, 9.17) is 17.9 Å². The summed E-state index contributed by atoms with van der Waals surface area (Å²) in [4.78, 5) is 4.35. The van der Waals surface area contributed by atoms with Crippen molar-refractivity contribution in [2.45, 2.75) is 0 Å². The SMILES string of the molecule is C#CCON=C(N)N. The molecule has 0 bridgehead atoms. The van der Waals surface area contributed by atoms with Gasteiger partial charge in [-0.3, -0.25) is 0 Å². The zero-order valence-electron chi connectivity index (χ0n) is 4.29. The molecule has 0 unspecified atom stereocenters. The van der Waals surface area contributed by atoms with Crippen molar-refractivity contribution in [3.8, 4) is 12.3 Å². The number of hydrogen-bond acceptors (Lipinski definition) is 2. The van der Waals surface area contributed by atoms with Crippen molar-refractivity contribution in [3.05, 3.63) is 0 Å². The van der Waals surface area contributed by atoms with Gasteiger partial charge in [0.15, 0.2) is 6.61 Å². The van der Waals surface area contributed by atoms with Crippen molar-refractivity contribution in [1.29, 1.82) is 0 Å². The largest absolute Gasteiger partial charge is 0.380 e. The molecule has 0 fully saturated rings. The quantitative estimate of drug-likeness (QED) is 0.156. The Hall–Kier alpha value is -1.37. The van der Waals surface area contributed by atoms with Gasteiger partial charge in [0.25, 0.3) is 0 Å². The number of rotatable bonds is 2. The Kier molecular flexibility index (Phi) is 3.16. The van der Waals surface area contributed by atoms with Crippen LogP contribution in [0.5, 0.6) is 0 Å². The molecule has 0 aromatic rings. The molecule has 0 spiro atoms. The topological polar surface area (TPSA) is 73.6 Å². The molecule has 0 aliphatic rings. The third kappa shape index (κ3) is 4.63. The van der Waals surface area contributed by atoms with Crippen LogP contribution in [-0.4, -0.2) is 12.6 Å². The third-order valence-corrected chi connectivity index (χ3v) is 0.318. The Balaban J connectivity index is 3.20. The highest BCUT2D eigenvalue weighted by molar-refractivity contribution is 5.74. The van der Waals surface area contributed by atoms with Gasteiger partial charge in [0.05, 0.1) is 0 Å². The fraction of sp³-hybridized carbons (Fsp3) is 0.250. The Morgan fingerprint density at radius 3 is 2.75 bits per heavy atom. The number of oxime groups is 1. The normalized spacial score (nSPS) is 6.88. The molecule has 44 valence electrons. The molecule has 0 saturated heterocycles. The summed E-state index contributed by atoms with van der Waals surface area (Å²) in [5.41, 5.74) is 9.73. The van der Waals surface area contributed by atoms with Gasteiger partial charge in [0.1, 0.15) is 0 Å². The Morgan fingerprint density at radius 1 is 1.75 bits per heavy atom. The molecule has 0 aliphatic heterocycles. The average Bonchev–Trinajstić information content (AvgIpc) is 1.66. The van der Waals surface area contributed by atoms with Crippen LogP contribution in [0, 0.1) is 12.3 Å². The standard InChI is InChI=1S/C4H7N3O/c1-2-3-8-7-4(5)6/h1H,3H2,(H4,5,6,7). The summed E-state index contributed by atoms with van der Waals surface area (Å²) in [6, 6.07) is 0. The summed E-state index contributed by atoms with van der Waals surface area (Å²) >= 11 is 0. The molecular formula is C4H7N3O. The van der Waals surface area contributed by atoms with Crippen molar-refractivity contribution in [1.82, 2.24) is 0 Å². The third-order valence-electron chi connectivity index (χ3n) is 0.318. The van der Waals surface area contributed by atoms with Crippen LogP contribution in [0.25, 0.3) is 0 Å². The molecule has 0 atom stereocenters. The lowest BCUT2D eigenvalue weighted by Crippen LogP contribution is -2.22. The number of terminal acetylenes is 1. The lowest BCUT2D eigenvalue weighted by Gasteiger charge is -1.89. The van der Waals surface area contributed by atoms with Gasteiger partial charge in [-0.2, -0.15) is 0 Å². The molecule has 8 heavy (non-hydrogen) atoms. The Bertz CT molecular complexity index is 120. The van der Waals surface area contributed by atoms with Gasteiger partial charge < -0.3 is 16.3 Å². The van der Waals surface area contributed by atoms with E-state index in [1.807, 2.05) is 0 Å². The van der Waals surface area contributed by atoms with Crippen molar-refractivity contribution >= 4 is 5.96 Å². The maximum Gasteiger partial charge on any atom is 0.228 e. The molecule has 0 saturated carbocycles. The van der Waals surface area contributed by atoms with E-state index in [9.17, 15) is 0 Å². The number of guanidine groups is 1. The van der Waals surface area contributed by atoms with Gasteiger partial charge in [-0.1, -0.05) is 5.92 Å². The smallest absolute Gasteiger partial charge is 0.228 e. The Morgan fingerprint density at radius 2 is 2.38 bits per heavy atom. The molecule has 0 radical (unpaired) electrons. The van der Waals surface area contributed by atoms with E-state index in [-0.39, 0.29) is 12.6 Å². The van der Waals surface area contributed by atoms with E-state index in [0.29, 0.717) is 0 Å². The van der Waals surface area contributed by atoms with E-state index in [1.54, 1.807) is 0 Å². The van der Waals surface area contributed by atoms with Crippen molar-refractivity contribution < 1.29 is 4.84 Å². The summed E-state index contributed by atoms with van der Waals surface area (Å²) in [6.07, 6.45) is 4.79. The van der Waals surface area contributed by atoms with Crippen LogP contribution in [0.1, 0.15) is 0 Å². The van der Waals surface area contributed by atoms with Gasteiger partial charge in [-0.15, -0.1) is 6.42 Å². The molecule has 4 heteroatoms. The second-order valence-corrected chi connectivity index (χ2v) is 0.994. The number of nitrogens with zero attached hydrogens (tertiary/aromatic N) is 1. The van der Waals surface area contributed by atoms with Crippen LogP contribution < -0.4 is 11.5 Å². The van der Waals surface area contributed by atoms with Crippen LogP contribution in [0.3, 0.4) is 0 Å². The number of nitrogens with two attached hydrogens (primary N) is 2. The van der Waals surface area contributed by atoms with Gasteiger partial charge >= 0.3 is 0 Å². The first-order chi connectivity index (χ1) is 3.77. The van der Waals surface area contributed by atoms with E-state index >= 15 is 0 Å². The molecule has 4 N–H and O–H groups in total. The predicted octanol–water partition coefficient (Wildman–Crippen LogP) is -1.18. The lowest BCUT2D eigenvalue weighted by molar-refractivity contribution is 0.179. The summed E-state index contributed by atoms with van der Waals surface area (Å²) < 4.78 is 0. The maximum atomic E-state index is 4.87. The van der Waals surface area contributed by atoms with Gasteiger partial charge in [-0.05, 0) is 5.16 Å². The van der Waals surface area contributed by atoms with Crippen LogP contribution in [0.15, 0.2) is 5.16 Å². The fourth-order valence-corrected chi connectivity index (χ4v) is 0.144. The first kappa shape index (κ1) is 6.63. The van der Waals surface area contributed by atoms with E-state index in [1.165, 1.54) is 0 Å². The molecule has 0 amide bonds. The van der Waals surface area contributed by atoms with Crippen LogP contribution in [0.4, 0.5) is 0 Å². The molecule has 0 aliphatic carbocycles. The molecule has 0 rings (SSSR count). The van der Waals surface area contributed by atoms with Crippen molar-refractivity contribution in [3.63, 3.8) is 0 Å². The van der Waals surface area contributed by atoms with Crippen LogP contribution in [0.2, 0.25) is 0 Å². The van der Waals surface area contributed by atoms with Crippen LogP contribution >= 0.6 is 0 Å². The average molecular weight is 113 g/mol. The molecule has 0 aromatic carbocycles. The molecule has 0 aromatic heterocycles. The minimum absolute atomic E-state index is 0.0951. The maximum absolute atomic E-state index is 4.87. The highest BCUT2D eigenvalue weighted by Gasteiger charge is 1.75. The predicted molar refractivity (Wildman–Crippen MR) is 30.6 cm³/mol. The molecular weight excluding hydrogens is 106 g/mol. The summed E-state index contributed by atoms with van der Waals surface area (Å²) in [7, 11) is 0. The van der Waals surface area contributed by atoms with E-state index < -0.39 is 0 Å². The molecule has 0 heterocycles. The lowest BCUT2D eigenvalue weighted by atomic mass is 10.8. The highest BCUT2D eigenvalue weighted by atomic mass is 16.6. The van der Waals surface area contributed by atoms with Crippen LogP contribution in [-0.2, 0) is 4.84 Å². The molecule has 4 nitrogen and oxygen atoms in total. The summed E-state index contributed by atoms with van der Waals surface area (Å²) in [5, 5.41) is 3.14. The van der Waals surface area contributed by atoms with E-state index in [2.05, 4.69) is 15.9 Å². The zero-order valence-corrected chi connectivity index (χ0v) is 4.29. The summed E-state index contributed by atoms with van der Waals surface area (Å²) in [6.45, 7) is 0.0951. The van der Waals surface area contributed by atoms with Gasteiger partial charge in [0, 0.05) is 0 Å². The Labute approximate surface area is 47.5 Å². The summed E-state index contributed by atoms with van der Waals surface area (Å²) in [5.74, 6) is 2.06. The number of hydrogen-bond donors (Lipinski definition) is 2. The van der Waals surface area contributed by atoms with Crippen molar-refractivity contribution in [2.24, 2.45) is 16.6 Å². The van der Waals surface area contributed by atoms with Crippen molar-refractivity contribution in [2.75, 3.05) is 6.61 Å². The second kappa shape index (κ2) is 3.81. The zero-order chi connectivity index (χ0) is 6.41. The highest BCUT2D eigenvalue weighted by Crippen LogP contribution is 1.68. The fourth-order valence-electron chi connectivity index (χ4n) is 0.144. The minimum Gasteiger partial charge on any atom is -0.380 e. The van der Waals surface area contributed by atoms with E-state index in [0.717, 1.165) is 0 Å². The van der Waals surface area contributed by atoms with Gasteiger partial charge in [0.2, 0.25) is 5.96 Å². The first-order valence-corrected chi connectivity index (χ1v) is 1.91. The first-order valence-electron chi connectivity index (χ1n) is 1.91. The monoisotopic (exact) mass is 113 g/mol.